The third-order valence-electron chi connectivity index (χ3n) is 3.43. The molecule has 0 saturated carbocycles. The molecule has 0 aliphatic heterocycles. The van der Waals surface area contributed by atoms with Crippen molar-refractivity contribution >= 4 is 0 Å². The molecule has 0 fully saturated rings. The number of phenolic OH excluding ortho intramolecular Hbond substituents is 1. The van der Waals surface area contributed by atoms with E-state index < -0.39 is 0 Å². The topological polar surface area (TPSA) is 49.5 Å². The Bertz CT molecular complexity index is 348. The molecule has 1 atom stereocenters. The molecule has 0 saturated heterocycles. The number of hydrogen-bond donors (Lipinski definition) is 2. The van der Waals surface area contributed by atoms with Gasteiger partial charge in [-0.3, -0.25) is 0 Å². The van der Waals surface area contributed by atoms with E-state index in [0.29, 0.717) is 5.75 Å². The number of likely N-dealkylation sites (N-methyl/N-ethyl adjacent to an activating group) is 1. The molecule has 0 aliphatic rings. The maximum Gasteiger partial charge on any atom is 0.115 e. The van der Waals surface area contributed by atoms with Gasteiger partial charge in [0.15, 0.2) is 0 Å². The van der Waals surface area contributed by atoms with E-state index in [0.717, 1.165) is 12.0 Å². The molecule has 3 nitrogen and oxygen atoms in total. The summed E-state index contributed by atoms with van der Waals surface area (Å²) in [6.07, 6.45) is 0.763. The van der Waals surface area contributed by atoms with Gasteiger partial charge in [0.05, 0.1) is 0 Å². The van der Waals surface area contributed by atoms with Crippen LogP contribution in [0.25, 0.3) is 0 Å². The van der Waals surface area contributed by atoms with Crippen LogP contribution in [0.3, 0.4) is 0 Å². The third-order valence-corrected chi connectivity index (χ3v) is 3.43. The first-order valence-electron chi connectivity index (χ1n) is 5.55. The minimum atomic E-state index is -0.0640. The van der Waals surface area contributed by atoms with Crippen LogP contribution in [0.2, 0.25) is 0 Å². The fraction of sp³-hybridized carbons (Fsp3) is 0.538. The zero-order valence-corrected chi connectivity index (χ0v) is 10.6. The van der Waals surface area contributed by atoms with Gasteiger partial charge < -0.3 is 15.7 Å². The zero-order chi connectivity index (χ0) is 12.3. The van der Waals surface area contributed by atoms with Crippen LogP contribution in [0.4, 0.5) is 0 Å². The Morgan fingerprint density at radius 2 is 2.00 bits per heavy atom. The molecule has 0 bridgehead atoms. The van der Waals surface area contributed by atoms with Gasteiger partial charge in [-0.1, -0.05) is 12.1 Å². The van der Waals surface area contributed by atoms with Crippen LogP contribution in [0.15, 0.2) is 24.3 Å². The molecule has 3 N–H and O–H groups in total. The Morgan fingerprint density at radius 1 is 1.38 bits per heavy atom. The summed E-state index contributed by atoms with van der Waals surface area (Å²) in [6, 6.07) is 7.31. The van der Waals surface area contributed by atoms with Crippen molar-refractivity contribution < 1.29 is 5.11 Å². The van der Waals surface area contributed by atoms with Crippen molar-refractivity contribution in [1.29, 1.82) is 0 Å². The third kappa shape index (κ3) is 2.97. The Balaban J connectivity index is 2.75. The second kappa shape index (κ2) is 4.85. The Kier molecular flexibility index (Phi) is 3.94. The quantitative estimate of drug-likeness (QED) is 0.813. The van der Waals surface area contributed by atoms with E-state index >= 15 is 0 Å². The highest BCUT2D eigenvalue weighted by atomic mass is 16.3. The van der Waals surface area contributed by atoms with Crippen LogP contribution in [0, 0.1) is 0 Å². The monoisotopic (exact) mass is 222 g/mol. The second-order valence-electron chi connectivity index (χ2n) is 5.03. The summed E-state index contributed by atoms with van der Waals surface area (Å²) in [6.45, 7) is 4.25. The first-order chi connectivity index (χ1) is 7.34. The minimum Gasteiger partial charge on any atom is -0.508 e. The molecule has 1 rings (SSSR count). The molecule has 0 heterocycles. The van der Waals surface area contributed by atoms with Crippen LogP contribution in [-0.4, -0.2) is 35.7 Å². The molecular weight excluding hydrogens is 200 g/mol. The van der Waals surface area contributed by atoms with Crippen LogP contribution in [-0.2, 0) is 6.42 Å². The van der Waals surface area contributed by atoms with Crippen molar-refractivity contribution in [2.45, 2.75) is 31.8 Å². The smallest absolute Gasteiger partial charge is 0.115 e. The number of rotatable bonds is 4. The summed E-state index contributed by atoms with van der Waals surface area (Å²) in [5.41, 5.74) is 7.22. The molecule has 0 aliphatic carbocycles. The Labute approximate surface area is 97.9 Å². The lowest BCUT2D eigenvalue weighted by atomic mass is 9.89. The van der Waals surface area contributed by atoms with E-state index in [1.807, 2.05) is 26.2 Å². The number of nitrogens with zero attached hydrogens (tertiary/aromatic N) is 1. The SMILES string of the molecule is CN(C)C(C)(C)C(N)Cc1cccc(O)c1. The number of hydrogen-bond acceptors (Lipinski definition) is 3. The summed E-state index contributed by atoms with van der Waals surface area (Å²) < 4.78 is 0. The molecular formula is C13H22N2O. The van der Waals surface area contributed by atoms with Gasteiger partial charge in [-0.15, -0.1) is 0 Å². The van der Waals surface area contributed by atoms with Gasteiger partial charge >= 0.3 is 0 Å². The number of aromatic hydroxyl groups is 1. The lowest BCUT2D eigenvalue weighted by Gasteiger charge is -2.38. The normalized spacial score (nSPS) is 14.1. The van der Waals surface area contributed by atoms with Crippen molar-refractivity contribution in [3.05, 3.63) is 29.8 Å². The van der Waals surface area contributed by atoms with Gasteiger partial charge in [0.2, 0.25) is 0 Å². The maximum atomic E-state index is 9.39. The number of phenols is 1. The molecule has 1 aromatic carbocycles. The van der Waals surface area contributed by atoms with Crippen molar-refractivity contribution in [3.63, 3.8) is 0 Å². The average molecular weight is 222 g/mol. The van der Waals surface area contributed by atoms with E-state index in [2.05, 4.69) is 18.7 Å². The number of benzene rings is 1. The standard InChI is InChI=1S/C13H22N2O/c1-13(2,15(3)4)12(14)9-10-6-5-7-11(16)8-10/h5-8,12,16H,9,14H2,1-4H3. The van der Waals surface area contributed by atoms with Gasteiger partial charge in [0.25, 0.3) is 0 Å². The van der Waals surface area contributed by atoms with Crippen LogP contribution in [0.5, 0.6) is 5.75 Å². The highest BCUT2D eigenvalue weighted by molar-refractivity contribution is 5.28. The maximum absolute atomic E-state index is 9.39. The second-order valence-corrected chi connectivity index (χ2v) is 5.03. The van der Waals surface area contributed by atoms with Gasteiger partial charge in [0.1, 0.15) is 5.75 Å². The van der Waals surface area contributed by atoms with Gasteiger partial charge in [-0.25, -0.2) is 0 Å². The van der Waals surface area contributed by atoms with Crippen molar-refractivity contribution in [2.24, 2.45) is 5.73 Å². The average Bonchev–Trinajstić information content (AvgIpc) is 2.17. The summed E-state index contributed by atoms with van der Waals surface area (Å²) in [5.74, 6) is 0.298. The van der Waals surface area contributed by atoms with Gasteiger partial charge in [0, 0.05) is 11.6 Å². The lowest BCUT2D eigenvalue weighted by Crippen LogP contribution is -2.54. The summed E-state index contributed by atoms with van der Waals surface area (Å²) in [5, 5.41) is 9.39. The molecule has 90 valence electrons. The molecule has 1 unspecified atom stereocenters. The van der Waals surface area contributed by atoms with E-state index in [-0.39, 0.29) is 11.6 Å². The van der Waals surface area contributed by atoms with Gasteiger partial charge in [-0.2, -0.15) is 0 Å². The van der Waals surface area contributed by atoms with Crippen molar-refractivity contribution in [1.82, 2.24) is 4.90 Å². The highest BCUT2D eigenvalue weighted by Gasteiger charge is 2.28. The van der Waals surface area contributed by atoms with E-state index in [1.165, 1.54) is 0 Å². The van der Waals surface area contributed by atoms with Crippen molar-refractivity contribution in [2.75, 3.05) is 14.1 Å². The summed E-state index contributed by atoms with van der Waals surface area (Å²) in [4.78, 5) is 2.13. The first kappa shape index (κ1) is 13.0. The molecule has 0 radical (unpaired) electrons. The van der Waals surface area contributed by atoms with Crippen LogP contribution >= 0.6 is 0 Å². The zero-order valence-electron chi connectivity index (χ0n) is 10.6. The largest absolute Gasteiger partial charge is 0.508 e. The number of nitrogens with two attached hydrogens (primary N) is 1. The van der Waals surface area contributed by atoms with E-state index in [9.17, 15) is 5.11 Å². The predicted molar refractivity (Wildman–Crippen MR) is 67.6 cm³/mol. The van der Waals surface area contributed by atoms with E-state index in [4.69, 9.17) is 5.73 Å². The summed E-state index contributed by atoms with van der Waals surface area (Å²) in [7, 11) is 4.06. The first-order valence-corrected chi connectivity index (χ1v) is 5.55. The molecule has 3 heteroatoms. The fourth-order valence-corrected chi connectivity index (χ4v) is 1.52. The molecule has 0 spiro atoms. The fourth-order valence-electron chi connectivity index (χ4n) is 1.52. The lowest BCUT2D eigenvalue weighted by molar-refractivity contribution is 0.158. The Morgan fingerprint density at radius 3 is 2.50 bits per heavy atom. The summed E-state index contributed by atoms with van der Waals surface area (Å²) >= 11 is 0. The van der Waals surface area contributed by atoms with Crippen LogP contribution in [0.1, 0.15) is 19.4 Å². The molecule has 1 aromatic rings. The molecule has 0 aromatic heterocycles. The van der Waals surface area contributed by atoms with E-state index in [1.54, 1.807) is 12.1 Å². The van der Waals surface area contributed by atoms with Crippen molar-refractivity contribution in [3.8, 4) is 5.75 Å². The molecule has 16 heavy (non-hydrogen) atoms. The predicted octanol–water partition coefficient (Wildman–Crippen LogP) is 1.60. The highest BCUT2D eigenvalue weighted by Crippen LogP contribution is 2.19. The molecule has 0 amide bonds. The van der Waals surface area contributed by atoms with Gasteiger partial charge in [-0.05, 0) is 52.1 Å². The van der Waals surface area contributed by atoms with Crippen LogP contribution < -0.4 is 5.73 Å². The minimum absolute atomic E-state index is 0.0318. The Hall–Kier alpha value is -1.06.